The quantitative estimate of drug-likeness (QED) is 0.629. The molecule has 0 saturated carbocycles. The van der Waals surface area contributed by atoms with Gasteiger partial charge in [0.2, 0.25) is 0 Å². The minimum absolute atomic E-state index is 0.389. The number of benzene rings is 3. The molecule has 128 valence electrons. The van der Waals surface area contributed by atoms with E-state index in [4.69, 9.17) is 0 Å². The summed E-state index contributed by atoms with van der Waals surface area (Å²) in [5.41, 5.74) is 0. The molecule has 0 saturated heterocycles. The third-order valence-electron chi connectivity index (χ3n) is 3.54. The Labute approximate surface area is 148 Å². The Hall–Kier alpha value is -2.18. The maximum Gasteiger partial charge on any atom is 0.181 e. The monoisotopic (exact) mass is 377 g/mol. The van der Waals surface area contributed by atoms with Gasteiger partial charge in [-0.2, -0.15) is 0 Å². The molecule has 0 N–H and O–H groups in total. The van der Waals surface area contributed by atoms with Crippen LogP contribution in [-0.2, 0) is 20.7 Å². The topological polar surface area (TPSA) is 34.1 Å². The molecule has 0 spiro atoms. The molecule has 0 amide bonds. The van der Waals surface area contributed by atoms with Crippen LogP contribution in [0.25, 0.3) is 0 Å². The van der Waals surface area contributed by atoms with Crippen molar-refractivity contribution < 1.29 is 17.2 Å². The predicted molar refractivity (Wildman–Crippen MR) is 94.5 cm³/mol. The minimum Gasteiger partial charge on any atom is -0.224 e. The van der Waals surface area contributed by atoms with Crippen LogP contribution in [0.4, 0.5) is 8.78 Å². The Morgan fingerprint density at radius 2 is 1.12 bits per heavy atom. The van der Waals surface area contributed by atoms with E-state index < -0.39 is 37.3 Å². The summed E-state index contributed by atoms with van der Waals surface area (Å²) in [6.07, 6.45) is 0.794. The van der Waals surface area contributed by atoms with Crippen LogP contribution in [0.15, 0.2) is 92.4 Å². The standard InChI is InChI=1S/C19H15F2O2S2/c1-25(22,23)19-17(20)12-16(13-18(19)21)24(14-8-4-2-5-9-14)15-10-6-3-7-11-15/h2-13H,1H3/q+1. The fourth-order valence-electron chi connectivity index (χ4n) is 2.53. The highest BCUT2D eigenvalue weighted by Crippen LogP contribution is 2.33. The number of halogens is 2. The Kier molecular flexibility index (Phi) is 4.92. The average molecular weight is 377 g/mol. The van der Waals surface area contributed by atoms with Crippen LogP contribution in [0.2, 0.25) is 0 Å². The van der Waals surface area contributed by atoms with Gasteiger partial charge in [0.15, 0.2) is 24.5 Å². The van der Waals surface area contributed by atoms with Gasteiger partial charge in [0, 0.05) is 18.4 Å². The van der Waals surface area contributed by atoms with Crippen LogP contribution in [0, 0.1) is 11.6 Å². The average Bonchev–Trinajstić information content (AvgIpc) is 2.55. The molecule has 25 heavy (non-hydrogen) atoms. The molecule has 0 aliphatic heterocycles. The molecule has 6 heteroatoms. The fourth-order valence-corrected chi connectivity index (χ4v) is 5.47. The van der Waals surface area contributed by atoms with Crippen LogP contribution in [0.3, 0.4) is 0 Å². The van der Waals surface area contributed by atoms with Crippen LogP contribution in [-0.4, -0.2) is 14.7 Å². The summed E-state index contributed by atoms with van der Waals surface area (Å²) in [6.45, 7) is 0. The molecule has 0 bridgehead atoms. The van der Waals surface area contributed by atoms with Crippen molar-refractivity contribution in [1.82, 2.24) is 0 Å². The highest BCUT2D eigenvalue weighted by Gasteiger charge is 2.32. The molecule has 0 aliphatic rings. The van der Waals surface area contributed by atoms with E-state index in [-0.39, 0.29) is 0 Å². The largest absolute Gasteiger partial charge is 0.224 e. The smallest absolute Gasteiger partial charge is 0.181 e. The zero-order valence-corrected chi connectivity index (χ0v) is 15.0. The normalized spacial score (nSPS) is 11.7. The summed E-state index contributed by atoms with van der Waals surface area (Å²) < 4.78 is 52.0. The van der Waals surface area contributed by atoms with Crippen molar-refractivity contribution >= 4 is 20.7 Å². The Morgan fingerprint density at radius 1 is 0.720 bits per heavy atom. The second kappa shape index (κ2) is 6.98. The van der Waals surface area contributed by atoms with Crippen LogP contribution in [0.1, 0.15) is 0 Å². The molecule has 0 aliphatic carbocycles. The first-order valence-electron chi connectivity index (χ1n) is 7.41. The molecule has 0 unspecified atom stereocenters. The molecule has 0 fully saturated rings. The van der Waals surface area contributed by atoms with E-state index in [1.807, 2.05) is 60.7 Å². The molecule has 0 aromatic heterocycles. The maximum atomic E-state index is 14.4. The lowest BCUT2D eigenvalue weighted by molar-refractivity contribution is 0.516. The van der Waals surface area contributed by atoms with E-state index in [1.165, 1.54) is 0 Å². The van der Waals surface area contributed by atoms with Gasteiger partial charge in [0.25, 0.3) is 0 Å². The first kappa shape index (κ1) is 17.6. The predicted octanol–water partition coefficient (Wildman–Crippen LogP) is 4.46. The number of sulfone groups is 1. The fraction of sp³-hybridized carbons (Fsp3) is 0.0526. The van der Waals surface area contributed by atoms with Gasteiger partial charge >= 0.3 is 0 Å². The lowest BCUT2D eigenvalue weighted by Gasteiger charge is -2.10. The number of hydrogen-bond donors (Lipinski definition) is 0. The van der Waals surface area contributed by atoms with Crippen LogP contribution < -0.4 is 0 Å². The van der Waals surface area contributed by atoms with E-state index in [9.17, 15) is 17.2 Å². The Bertz CT molecular complexity index is 926. The van der Waals surface area contributed by atoms with Crippen molar-refractivity contribution in [3.8, 4) is 0 Å². The molecular formula is C19H15F2O2S2+. The highest BCUT2D eigenvalue weighted by atomic mass is 32.2. The molecule has 3 rings (SSSR count). The second-order valence-corrected chi connectivity index (χ2v) is 9.40. The van der Waals surface area contributed by atoms with Gasteiger partial charge in [-0.15, -0.1) is 0 Å². The number of rotatable bonds is 4. The first-order valence-corrected chi connectivity index (χ1v) is 10.5. The van der Waals surface area contributed by atoms with Gasteiger partial charge < -0.3 is 0 Å². The Balaban J connectivity index is 2.22. The second-order valence-electron chi connectivity index (χ2n) is 5.42. The molecule has 0 heterocycles. The van der Waals surface area contributed by atoms with Crippen molar-refractivity contribution in [1.29, 1.82) is 0 Å². The van der Waals surface area contributed by atoms with Gasteiger partial charge in [-0.3, -0.25) is 0 Å². The van der Waals surface area contributed by atoms with E-state index in [0.29, 0.717) is 4.90 Å². The maximum absolute atomic E-state index is 14.4. The van der Waals surface area contributed by atoms with E-state index in [0.717, 1.165) is 28.2 Å². The molecule has 3 aromatic carbocycles. The van der Waals surface area contributed by atoms with Gasteiger partial charge in [0.1, 0.15) is 16.5 Å². The lowest BCUT2D eigenvalue weighted by atomic mass is 10.3. The summed E-state index contributed by atoms with van der Waals surface area (Å²) in [6, 6.07) is 20.9. The molecule has 0 atom stereocenters. The molecule has 2 nitrogen and oxygen atoms in total. The summed E-state index contributed by atoms with van der Waals surface area (Å²) in [5, 5.41) is 0. The number of hydrogen-bond acceptors (Lipinski definition) is 2. The SMILES string of the molecule is CS(=O)(=O)c1c(F)cc([S+](c2ccccc2)c2ccccc2)cc1F. The zero-order valence-electron chi connectivity index (χ0n) is 13.3. The van der Waals surface area contributed by atoms with Gasteiger partial charge in [-0.1, -0.05) is 36.4 Å². The first-order chi connectivity index (χ1) is 11.9. The summed E-state index contributed by atoms with van der Waals surface area (Å²) >= 11 is 0. The summed E-state index contributed by atoms with van der Waals surface area (Å²) in [5.74, 6) is -2.14. The summed E-state index contributed by atoms with van der Waals surface area (Å²) in [4.78, 5) is 1.28. The zero-order chi connectivity index (χ0) is 18.0. The lowest BCUT2D eigenvalue weighted by Crippen LogP contribution is -2.10. The molecule has 3 aromatic rings. The van der Waals surface area contributed by atoms with Gasteiger partial charge in [-0.05, 0) is 24.3 Å². The third kappa shape index (κ3) is 3.75. The molecule has 0 radical (unpaired) electrons. The van der Waals surface area contributed by atoms with Gasteiger partial charge in [-0.25, -0.2) is 17.2 Å². The van der Waals surface area contributed by atoms with Crippen LogP contribution >= 0.6 is 0 Å². The molecular weight excluding hydrogens is 362 g/mol. The van der Waals surface area contributed by atoms with Crippen molar-refractivity contribution in [3.05, 3.63) is 84.4 Å². The minimum atomic E-state index is -3.98. The van der Waals surface area contributed by atoms with E-state index >= 15 is 0 Å². The third-order valence-corrected chi connectivity index (χ3v) is 6.86. The van der Waals surface area contributed by atoms with E-state index in [2.05, 4.69) is 0 Å². The van der Waals surface area contributed by atoms with Crippen molar-refractivity contribution in [2.75, 3.05) is 6.26 Å². The Morgan fingerprint density at radius 3 is 1.48 bits per heavy atom. The van der Waals surface area contributed by atoms with E-state index in [1.54, 1.807) is 0 Å². The highest BCUT2D eigenvalue weighted by molar-refractivity contribution is 7.97. The summed E-state index contributed by atoms with van der Waals surface area (Å²) in [7, 11) is -4.73. The van der Waals surface area contributed by atoms with Crippen LogP contribution in [0.5, 0.6) is 0 Å². The van der Waals surface area contributed by atoms with Crippen molar-refractivity contribution in [3.63, 3.8) is 0 Å². The van der Waals surface area contributed by atoms with Crippen molar-refractivity contribution in [2.24, 2.45) is 0 Å². The van der Waals surface area contributed by atoms with Crippen molar-refractivity contribution in [2.45, 2.75) is 19.6 Å². The van der Waals surface area contributed by atoms with Gasteiger partial charge in [0.05, 0.1) is 10.9 Å².